The minimum atomic E-state index is 0.617. The zero-order valence-electron chi connectivity index (χ0n) is 15.7. The molecule has 2 N–H and O–H groups in total. The van der Waals surface area contributed by atoms with Crippen LogP contribution in [0.2, 0.25) is 0 Å². The van der Waals surface area contributed by atoms with Crippen molar-refractivity contribution in [2.24, 2.45) is 4.99 Å². The number of benzene rings is 1. The number of hydrogen-bond acceptors (Lipinski definition) is 3. The van der Waals surface area contributed by atoms with Crippen molar-refractivity contribution in [1.29, 1.82) is 0 Å². The quantitative estimate of drug-likeness (QED) is 0.431. The highest BCUT2D eigenvalue weighted by atomic mass is 32.2. The van der Waals surface area contributed by atoms with Crippen LogP contribution in [0.5, 0.6) is 0 Å². The highest BCUT2D eigenvalue weighted by molar-refractivity contribution is 7.98. The summed E-state index contributed by atoms with van der Waals surface area (Å²) in [5.74, 6) is 2.03. The number of thioether (sulfide) groups is 1. The van der Waals surface area contributed by atoms with E-state index in [1.54, 1.807) is 0 Å². The molecular formula is C19H29N5S. The van der Waals surface area contributed by atoms with Gasteiger partial charge in [0.25, 0.3) is 0 Å². The molecule has 5 nitrogen and oxygen atoms in total. The Morgan fingerprint density at radius 3 is 2.72 bits per heavy atom. The van der Waals surface area contributed by atoms with Crippen LogP contribution in [0.1, 0.15) is 30.3 Å². The summed E-state index contributed by atoms with van der Waals surface area (Å²) in [7, 11) is 0. The van der Waals surface area contributed by atoms with Crippen LogP contribution in [0.15, 0.2) is 35.3 Å². The minimum absolute atomic E-state index is 0.617. The van der Waals surface area contributed by atoms with Gasteiger partial charge in [-0.25, -0.2) is 9.67 Å². The maximum absolute atomic E-state index is 4.75. The van der Waals surface area contributed by atoms with Crippen LogP contribution < -0.4 is 10.6 Å². The van der Waals surface area contributed by atoms with Gasteiger partial charge in [-0.1, -0.05) is 18.2 Å². The molecule has 0 aliphatic heterocycles. The van der Waals surface area contributed by atoms with E-state index in [0.717, 1.165) is 53.9 Å². The maximum atomic E-state index is 4.75. The van der Waals surface area contributed by atoms with Crippen LogP contribution in [-0.4, -0.2) is 40.8 Å². The molecule has 0 aliphatic rings. The van der Waals surface area contributed by atoms with Crippen LogP contribution >= 0.6 is 11.8 Å². The van der Waals surface area contributed by atoms with Gasteiger partial charge in [0.1, 0.15) is 0 Å². The third-order valence-electron chi connectivity index (χ3n) is 3.80. The fourth-order valence-corrected chi connectivity index (χ4v) is 3.09. The molecule has 0 aliphatic carbocycles. The van der Waals surface area contributed by atoms with Crippen molar-refractivity contribution in [3.8, 4) is 5.69 Å². The number of aryl methyl sites for hydroxylation is 2. The Balaban J connectivity index is 2.14. The van der Waals surface area contributed by atoms with Crippen LogP contribution in [0.4, 0.5) is 0 Å². The van der Waals surface area contributed by atoms with Gasteiger partial charge in [-0.2, -0.15) is 16.9 Å². The second kappa shape index (κ2) is 10.1. The molecule has 136 valence electrons. The second-order valence-electron chi connectivity index (χ2n) is 5.94. The molecule has 0 unspecified atom stereocenters. The van der Waals surface area contributed by atoms with Crippen molar-refractivity contribution >= 4 is 17.7 Å². The Morgan fingerprint density at radius 1 is 1.24 bits per heavy atom. The number of rotatable bonds is 8. The normalized spacial score (nSPS) is 11.6. The summed E-state index contributed by atoms with van der Waals surface area (Å²) in [6.07, 6.45) is 3.27. The van der Waals surface area contributed by atoms with Crippen molar-refractivity contribution < 1.29 is 0 Å². The summed E-state index contributed by atoms with van der Waals surface area (Å²) in [5, 5.41) is 11.3. The first-order valence-corrected chi connectivity index (χ1v) is 10.2. The molecule has 2 aromatic rings. The molecule has 1 heterocycles. The van der Waals surface area contributed by atoms with Gasteiger partial charge in [-0.3, -0.25) is 0 Å². The molecule has 1 aromatic carbocycles. The molecule has 0 spiro atoms. The number of hydrogen-bond donors (Lipinski definition) is 2. The first kappa shape index (κ1) is 19.4. The molecule has 1 aromatic heterocycles. The Morgan fingerprint density at radius 2 is 2.04 bits per heavy atom. The first-order valence-electron chi connectivity index (χ1n) is 8.78. The minimum Gasteiger partial charge on any atom is -0.357 e. The molecule has 25 heavy (non-hydrogen) atoms. The molecular weight excluding hydrogens is 330 g/mol. The smallest absolute Gasteiger partial charge is 0.191 e. The van der Waals surface area contributed by atoms with Gasteiger partial charge in [0.15, 0.2) is 5.96 Å². The fraction of sp³-hybridized carbons (Fsp3) is 0.474. The van der Waals surface area contributed by atoms with Crippen molar-refractivity contribution in [1.82, 2.24) is 20.4 Å². The van der Waals surface area contributed by atoms with Crippen molar-refractivity contribution in [2.45, 2.75) is 33.7 Å². The summed E-state index contributed by atoms with van der Waals surface area (Å²) >= 11 is 1.87. The molecule has 0 saturated carbocycles. The summed E-state index contributed by atoms with van der Waals surface area (Å²) in [4.78, 5) is 4.75. The van der Waals surface area contributed by atoms with E-state index in [0.29, 0.717) is 6.54 Å². The second-order valence-corrected chi connectivity index (χ2v) is 6.92. The lowest BCUT2D eigenvalue weighted by Gasteiger charge is -2.13. The zero-order valence-corrected chi connectivity index (χ0v) is 16.5. The Labute approximate surface area is 155 Å². The maximum Gasteiger partial charge on any atom is 0.191 e. The third kappa shape index (κ3) is 5.81. The van der Waals surface area contributed by atoms with Crippen molar-refractivity contribution in [3.63, 3.8) is 0 Å². The number of para-hydroxylation sites is 1. The van der Waals surface area contributed by atoms with E-state index in [-0.39, 0.29) is 0 Å². The van der Waals surface area contributed by atoms with E-state index in [1.165, 1.54) is 0 Å². The monoisotopic (exact) mass is 359 g/mol. The van der Waals surface area contributed by atoms with E-state index in [2.05, 4.69) is 60.1 Å². The molecule has 2 rings (SSSR count). The highest BCUT2D eigenvalue weighted by Crippen LogP contribution is 2.17. The fourth-order valence-electron chi connectivity index (χ4n) is 2.65. The molecule has 0 fully saturated rings. The largest absolute Gasteiger partial charge is 0.357 e. The van der Waals surface area contributed by atoms with Crippen LogP contribution in [0.3, 0.4) is 0 Å². The van der Waals surface area contributed by atoms with Crippen LogP contribution in [0.25, 0.3) is 5.69 Å². The van der Waals surface area contributed by atoms with Crippen molar-refractivity contribution in [2.75, 3.05) is 25.1 Å². The summed E-state index contributed by atoms with van der Waals surface area (Å²) in [6, 6.07) is 10.4. The molecule has 0 radical (unpaired) electrons. The molecule has 0 bridgehead atoms. The number of guanidine groups is 1. The number of nitrogens with zero attached hydrogens (tertiary/aromatic N) is 3. The van der Waals surface area contributed by atoms with Crippen molar-refractivity contribution in [3.05, 3.63) is 47.3 Å². The Hall–Kier alpha value is -1.95. The molecule has 0 saturated heterocycles. The van der Waals surface area contributed by atoms with Gasteiger partial charge >= 0.3 is 0 Å². The number of nitrogens with one attached hydrogen (secondary N) is 2. The average Bonchev–Trinajstić information content (AvgIpc) is 2.95. The van der Waals surface area contributed by atoms with Crippen LogP contribution in [-0.2, 0) is 6.54 Å². The lowest BCUT2D eigenvalue weighted by molar-refractivity contribution is 0.784. The van der Waals surface area contributed by atoms with Gasteiger partial charge < -0.3 is 10.6 Å². The molecule has 6 heteroatoms. The summed E-state index contributed by atoms with van der Waals surface area (Å²) in [6.45, 7) is 8.60. The SMILES string of the molecule is CCNC(=NCc1ccccc1-n1nc(C)cc1C)NCCCSC. The molecule has 0 atom stereocenters. The van der Waals surface area contributed by atoms with Gasteiger partial charge in [0.2, 0.25) is 0 Å². The van der Waals surface area contributed by atoms with E-state index in [4.69, 9.17) is 4.99 Å². The van der Waals surface area contributed by atoms with E-state index in [1.807, 2.05) is 29.4 Å². The topological polar surface area (TPSA) is 54.2 Å². The predicted octanol–water partition coefficient (Wildman–Crippen LogP) is 3.30. The predicted molar refractivity (Wildman–Crippen MR) is 109 cm³/mol. The van der Waals surface area contributed by atoms with E-state index >= 15 is 0 Å². The number of aliphatic imine (C=N–C) groups is 1. The lowest BCUT2D eigenvalue weighted by atomic mass is 10.2. The van der Waals surface area contributed by atoms with Gasteiger partial charge in [0, 0.05) is 18.8 Å². The zero-order chi connectivity index (χ0) is 18.1. The lowest BCUT2D eigenvalue weighted by Crippen LogP contribution is -2.37. The Kier molecular flexibility index (Phi) is 7.85. The van der Waals surface area contributed by atoms with Gasteiger partial charge in [-0.05, 0) is 56.9 Å². The van der Waals surface area contributed by atoms with Gasteiger partial charge in [0.05, 0.1) is 17.9 Å². The van der Waals surface area contributed by atoms with Gasteiger partial charge in [-0.15, -0.1) is 0 Å². The summed E-state index contributed by atoms with van der Waals surface area (Å²) < 4.78 is 2.00. The number of aromatic nitrogens is 2. The van der Waals surface area contributed by atoms with Crippen LogP contribution in [0, 0.1) is 13.8 Å². The Bertz CT molecular complexity index is 693. The summed E-state index contributed by atoms with van der Waals surface area (Å²) in [5.41, 5.74) is 4.42. The van der Waals surface area contributed by atoms with E-state index in [9.17, 15) is 0 Å². The average molecular weight is 360 g/mol. The molecule has 0 amide bonds. The third-order valence-corrected chi connectivity index (χ3v) is 4.50. The standard InChI is InChI=1S/C19H29N5S/c1-5-20-19(21-11-8-12-25-4)22-14-17-9-6-7-10-18(17)24-16(3)13-15(2)23-24/h6-7,9-10,13H,5,8,11-12,14H2,1-4H3,(H2,20,21,22). The van der Waals surface area contributed by atoms with E-state index < -0.39 is 0 Å². The first-order chi connectivity index (χ1) is 12.2. The highest BCUT2D eigenvalue weighted by Gasteiger charge is 2.08.